The van der Waals surface area contributed by atoms with Gasteiger partial charge in [-0.15, -0.1) is 0 Å². The van der Waals surface area contributed by atoms with Crippen molar-refractivity contribution < 1.29 is 14.3 Å². The second-order valence-corrected chi connectivity index (χ2v) is 3.31. The smallest absolute Gasteiger partial charge is 0.172 e. The van der Waals surface area contributed by atoms with Crippen molar-refractivity contribution in [2.45, 2.75) is 18.9 Å². The van der Waals surface area contributed by atoms with Crippen molar-refractivity contribution >= 4 is 6.29 Å². The topological polar surface area (TPSA) is 35.5 Å². The largest absolute Gasteiger partial charge is 0.493 e. The predicted octanol–water partition coefficient (Wildman–Crippen LogP) is 2.05. The van der Waals surface area contributed by atoms with E-state index < -0.39 is 0 Å². The zero-order valence-corrected chi connectivity index (χ0v) is 8.03. The Hall–Kier alpha value is -1.51. The highest BCUT2D eigenvalue weighted by molar-refractivity contribution is 5.81. The number of hydrogen-bond donors (Lipinski definition) is 0. The van der Waals surface area contributed by atoms with E-state index in [1.165, 1.54) is 0 Å². The Morgan fingerprint density at radius 1 is 1.43 bits per heavy atom. The molecule has 0 aromatic heterocycles. The lowest BCUT2D eigenvalue weighted by Crippen LogP contribution is -2.01. The monoisotopic (exact) mass is 192 g/mol. The number of carbonyl (C=O) groups is 1. The average molecular weight is 192 g/mol. The summed E-state index contributed by atoms with van der Waals surface area (Å²) in [5.74, 6) is 1.20. The van der Waals surface area contributed by atoms with Gasteiger partial charge in [0.15, 0.2) is 17.8 Å². The molecule has 0 bridgehead atoms. The SMILES string of the molecule is COc1cccc(C=O)c1OC1CC1. The molecule has 3 heteroatoms. The minimum atomic E-state index is 0.269. The highest BCUT2D eigenvalue weighted by Crippen LogP contribution is 2.35. The summed E-state index contributed by atoms with van der Waals surface area (Å²) < 4.78 is 10.7. The zero-order chi connectivity index (χ0) is 9.97. The third kappa shape index (κ3) is 1.71. The summed E-state index contributed by atoms with van der Waals surface area (Å²) >= 11 is 0. The Balaban J connectivity index is 2.33. The van der Waals surface area contributed by atoms with E-state index in [1.54, 1.807) is 25.3 Å². The standard InChI is InChI=1S/C11H12O3/c1-13-10-4-2-3-8(7-12)11(10)14-9-5-6-9/h2-4,7,9H,5-6H2,1H3. The molecule has 0 radical (unpaired) electrons. The molecule has 0 unspecified atom stereocenters. The van der Waals surface area contributed by atoms with Gasteiger partial charge in [0, 0.05) is 0 Å². The molecule has 0 atom stereocenters. The third-order valence-corrected chi connectivity index (χ3v) is 2.17. The van der Waals surface area contributed by atoms with Gasteiger partial charge in [-0.3, -0.25) is 4.79 Å². The molecular formula is C11H12O3. The number of hydrogen-bond acceptors (Lipinski definition) is 3. The molecule has 0 aliphatic heterocycles. The van der Waals surface area contributed by atoms with Crippen molar-refractivity contribution in [3.63, 3.8) is 0 Å². The summed E-state index contributed by atoms with van der Waals surface area (Å²) in [5.41, 5.74) is 0.552. The van der Waals surface area contributed by atoms with Crippen LogP contribution in [0.2, 0.25) is 0 Å². The first kappa shape index (κ1) is 9.06. The lowest BCUT2D eigenvalue weighted by atomic mass is 10.2. The molecule has 0 N–H and O–H groups in total. The number of benzene rings is 1. The van der Waals surface area contributed by atoms with Gasteiger partial charge >= 0.3 is 0 Å². The molecule has 0 heterocycles. The summed E-state index contributed by atoms with van der Waals surface area (Å²) in [6.07, 6.45) is 3.19. The van der Waals surface area contributed by atoms with E-state index in [2.05, 4.69) is 0 Å². The Labute approximate surface area is 82.6 Å². The van der Waals surface area contributed by atoms with Gasteiger partial charge in [-0.1, -0.05) is 6.07 Å². The number of aldehydes is 1. The number of methoxy groups -OCH3 is 1. The van der Waals surface area contributed by atoms with Crippen LogP contribution < -0.4 is 9.47 Å². The highest BCUT2D eigenvalue weighted by atomic mass is 16.5. The van der Waals surface area contributed by atoms with Crippen LogP contribution >= 0.6 is 0 Å². The van der Waals surface area contributed by atoms with Gasteiger partial charge in [0.2, 0.25) is 0 Å². The van der Waals surface area contributed by atoms with Crippen molar-refractivity contribution in [1.82, 2.24) is 0 Å². The van der Waals surface area contributed by atoms with Crippen LogP contribution in [0.15, 0.2) is 18.2 Å². The number of rotatable bonds is 4. The minimum absolute atomic E-state index is 0.269. The second kappa shape index (κ2) is 3.70. The molecule has 14 heavy (non-hydrogen) atoms. The van der Waals surface area contributed by atoms with Crippen molar-refractivity contribution in [3.8, 4) is 11.5 Å². The summed E-state index contributed by atoms with van der Waals surface area (Å²) in [6.45, 7) is 0. The molecule has 3 nitrogen and oxygen atoms in total. The van der Waals surface area contributed by atoms with Crippen molar-refractivity contribution in [2.75, 3.05) is 7.11 Å². The maximum Gasteiger partial charge on any atom is 0.172 e. The van der Waals surface area contributed by atoms with Gasteiger partial charge in [-0.05, 0) is 25.0 Å². The molecule has 1 aromatic carbocycles. The molecule has 1 aromatic rings. The van der Waals surface area contributed by atoms with Crippen LogP contribution in [0.4, 0.5) is 0 Å². The summed E-state index contributed by atoms with van der Waals surface area (Å²) in [4.78, 5) is 10.8. The molecule has 2 rings (SSSR count). The van der Waals surface area contributed by atoms with Crippen LogP contribution in [0.1, 0.15) is 23.2 Å². The highest BCUT2D eigenvalue weighted by Gasteiger charge is 2.26. The Bertz CT molecular complexity index is 342. The van der Waals surface area contributed by atoms with Gasteiger partial charge in [-0.25, -0.2) is 0 Å². The number of ether oxygens (including phenoxy) is 2. The van der Waals surface area contributed by atoms with Gasteiger partial charge < -0.3 is 9.47 Å². The van der Waals surface area contributed by atoms with E-state index >= 15 is 0 Å². The van der Waals surface area contributed by atoms with E-state index in [0.717, 1.165) is 19.1 Å². The molecule has 1 aliphatic carbocycles. The molecule has 1 aliphatic rings. The normalized spacial score (nSPS) is 14.9. The summed E-state index contributed by atoms with van der Waals surface area (Å²) in [5, 5.41) is 0. The van der Waals surface area contributed by atoms with E-state index in [4.69, 9.17) is 9.47 Å². The quantitative estimate of drug-likeness (QED) is 0.685. The molecule has 0 spiro atoms. The number of para-hydroxylation sites is 1. The molecule has 1 saturated carbocycles. The second-order valence-electron chi connectivity index (χ2n) is 3.31. The summed E-state index contributed by atoms with van der Waals surface area (Å²) in [6, 6.07) is 5.31. The molecule has 74 valence electrons. The van der Waals surface area contributed by atoms with E-state index in [-0.39, 0.29) is 6.10 Å². The van der Waals surface area contributed by atoms with E-state index in [1.807, 2.05) is 0 Å². The zero-order valence-electron chi connectivity index (χ0n) is 8.03. The maximum atomic E-state index is 10.8. The lowest BCUT2D eigenvalue weighted by Gasteiger charge is -2.11. The first-order chi connectivity index (χ1) is 6.85. The van der Waals surface area contributed by atoms with Crippen LogP contribution in [-0.4, -0.2) is 19.5 Å². The fourth-order valence-corrected chi connectivity index (χ4v) is 1.27. The first-order valence-electron chi connectivity index (χ1n) is 4.64. The van der Waals surface area contributed by atoms with Crippen LogP contribution in [0.3, 0.4) is 0 Å². The minimum Gasteiger partial charge on any atom is -0.493 e. The van der Waals surface area contributed by atoms with Gasteiger partial charge in [0.25, 0.3) is 0 Å². The van der Waals surface area contributed by atoms with E-state index in [9.17, 15) is 4.79 Å². The van der Waals surface area contributed by atoms with Crippen LogP contribution in [0.5, 0.6) is 11.5 Å². The predicted molar refractivity (Wildman–Crippen MR) is 52.0 cm³/mol. The van der Waals surface area contributed by atoms with Crippen molar-refractivity contribution in [3.05, 3.63) is 23.8 Å². The van der Waals surface area contributed by atoms with Crippen molar-refractivity contribution in [2.24, 2.45) is 0 Å². The van der Waals surface area contributed by atoms with Gasteiger partial charge in [0.05, 0.1) is 18.8 Å². The van der Waals surface area contributed by atoms with Crippen molar-refractivity contribution in [1.29, 1.82) is 0 Å². The molecule has 1 fully saturated rings. The number of carbonyl (C=O) groups excluding carboxylic acids is 1. The lowest BCUT2D eigenvalue weighted by molar-refractivity contribution is 0.111. The maximum absolute atomic E-state index is 10.8. The van der Waals surface area contributed by atoms with Crippen LogP contribution in [0.25, 0.3) is 0 Å². The Morgan fingerprint density at radius 3 is 2.79 bits per heavy atom. The average Bonchev–Trinajstić information content (AvgIpc) is 3.02. The fourth-order valence-electron chi connectivity index (χ4n) is 1.27. The first-order valence-corrected chi connectivity index (χ1v) is 4.64. The third-order valence-electron chi connectivity index (χ3n) is 2.17. The van der Waals surface area contributed by atoms with Gasteiger partial charge in [-0.2, -0.15) is 0 Å². The fraction of sp³-hybridized carbons (Fsp3) is 0.364. The van der Waals surface area contributed by atoms with E-state index in [0.29, 0.717) is 17.1 Å². The molecular weight excluding hydrogens is 180 g/mol. The molecule has 0 amide bonds. The van der Waals surface area contributed by atoms with Gasteiger partial charge in [0.1, 0.15) is 0 Å². The summed E-state index contributed by atoms with van der Waals surface area (Å²) in [7, 11) is 1.57. The van der Waals surface area contributed by atoms with Crippen LogP contribution in [0, 0.1) is 0 Å². The Morgan fingerprint density at radius 2 is 2.21 bits per heavy atom. The van der Waals surface area contributed by atoms with Crippen LogP contribution in [-0.2, 0) is 0 Å². The Kier molecular flexibility index (Phi) is 2.39. The molecule has 0 saturated heterocycles.